The zero-order valence-corrected chi connectivity index (χ0v) is 10.8. The predicted octanol–water partition coefficient (Wildman–Crippen LogP) is 1.77. The van der Waals surface area contributed by atoms with E-state index in [1.54, 1.807) is 17.2 Å². The van der Waals surface area contributed by atoms with Crippen LogP contribution in [-0.2, 0) is 9.59 Å². The normalized spacial score (nSPS) is 18.6. The maximum absolute atomic E-state index is 12.2. The zero-order valence-electron chi connectivity index (χ0n) is 10.00. The Labute approximate surface area is 109 Å². The van der Waals surface area contributed by atoms with Gasteiger partial charge in [0.25, 0.3) is 0 Å². The van der Waals surface area contributed by atoms with Crippen LogP contribution in [0.15, 0.2) is 23.4 Å². The molecule has 96 valence electrons. The second kappa shape index (κ2) is 5.39. The Balaban J connectivity index is 2.33. The molecule has 6 heteroatoms. The number of anilines is 1. The van der Waals surface area contributed by atoms with Gasteiger partial charge in [0.2, 0.25) is 5.91 Å². The number of pyridine rings is 1. The molecule has 1 amide bonds. The quantitative estimate of drug-likeness (QED) is 0.899. The Kier molecular flexibility index (Phi) is 3.86. The number of hydrogen-bond donors (Lipinski definition) is 1. The Morgan fingerprint density at radius 3 is 3.06 bits per heavy atom. The second-order valence-electron chi connectivity index (χ2n) is 4.02. The minimum absolute atomic E-state index is 0.134. The molecule has 0 aromatic carbocycles. The summed E-state index contributed by atoms with van der Waals surface area (Å²) in [4.78, 5) is 28.9. The smallest absolute Gasteiger partial charge is 0.305 e. The van der Waals surface area contributed by atoms with E-state index in [1.807, 2.05) is 13.0 Å². The SMILES string of the molecule is CCCN1C(=O)C(CC(=O)O)Sc2ncccc21. The number of thioether (sulfide) groups is 1. The van der Waals surface area contributed by atoms with Crippen LogP contribution in [0.2, 0.25) is 0 Å². The topological polar surface area (TPSA) is 70.5 Å². The van der Waals surface area contributed by atoms with Gasteiger partial charge in [-0.2, -0.15) is 0 Å². The van der Waals surface area contributed by atoms with Gasteiger partial charge in [-0.05, 0) is 18.6 Å². The molecule has 1 aliphatic rings. The van der Waals surface area contributed by atoms with Crippen molar-refractivity contribution in [1.29, 1.82) is 0 Å². The number of nitrogens with zero attached hydrogens (tertiary/aromatic N) is 2. The molecular weight excluding hydrogens is 252 g/mol. The molecule has 2 heterocycles. The number of amides is 1. The average Bonchev–Trinajstić information content (AvgIpc) is 2.34. The van der Waals surface area contributed by atoms with Crippen LogP contribution in [0.25, 0.3) is 0 Å². The van der Waals surface area contributed by atoms with E-state index in [2.05, 4.69) is 4.98 Å². The minimum atomic E-state index is -0.961. The molecule has 0 radical (unpaired) electrons. The number of carbonyl (C=O) groups excluding carboxylic acids is 1. The van der Waals surface area contributed by atoms with E-state index in [0.29, 0.717) is 6.54 Å². The molecule has 0 saturated heterocycles. The van der Waals surface area contributed by atoms with Gasteiger partial charge in [-0.3, -0.25) is 9.59 Å². The van der Waals surface area contributed by atoms with Crippen molar-refractivity contribution < 1.29 is 14.7 Å². The van der Waals surface area contributed by atoms with E-state index in [0.717, 1.165) is 17.1 Å². The molecule has 5 nitrogen and oxygen atoms in total. The number of hydrogen-bond acceptors (Lipinski definition) is 4. The van der Waals surface area contributed by atoms with Crippen molar-refractivity contribution in [2.45, 2.75) is 30.0 Å². The van der Waals surface area contributed by atoms with Gasteiger partial charge in [0, 0.05) is 12.7 Å². The number of rotatable bonds is 4. The fraction of sp³-hybridized carbons (Fsp3) is 0.417. The lowest BCUT2D eigenvalue weighted by Gasteiger charge is -2.32. The van der Waals surface area contributed by atoms with Gasteiger partial charge in [-0.25, -0.2) is 4.98 Å². The van der Waals surface area contributed by atoms with Gasteiger partial charge in [0.15, 0.2) is 0 Å². The van der Waals surface area contributed by atoms with E-state index >= 15 is 0 Å². The fourth-order valence-electron chi connectivity index (χ4n) is 1.90. The molecule has 0 saturated carbocycles. The summed E-state index contributed by atoms with van der Waals surface area (Å²) in [6.07, 6.45) is 2.31. The summed E-state index contributed by atoms with van der Waals surface area (Å²) in [6, 6.07) is 3.63. The van der Waals surface area contributed by atoms with Gasteiger partial charge < -0.3 is 10.0 Å². The van der Waals surface area contributed by atoms with Crippen molar-refractivity contribution in [2.75, 3.05) is 11.4 Å². The molecule has 0 aliphatic carbocycles. The molecule has 1 aromatic rings. The first-order valence-electron chi connectivity index (χ1n) is 5.78. The highest BCUT2D eigenvalue weighted by atomic mass is 32.2. The molecule has 1 N–H and O–H groups in total. The van der Waals surface area contributed by atoms with Crippen LogP contribution >= 0.6 is 11.8 Å². The first kappa shape index (κ1) is 12.9. The highest BCUT2D eigenvalue weighted by molar-refractivity contribution is 8.00. The van der Waals surface area contributed by atoms with Gasteiger partial charge in [-0.1, -0.05) is 18.7 Å². The van der Waals surface area contributed by atoms with E-state index in [4.69, 9.17) is 5.11 Å². The highest BCUT2D eigenvalue weighted by Gasteiger charge is 2.35. The molecule has 1 aliphatic heterocycles. The summed E-state index contributed by atoms with van der Waals surface area (Å²) in [6.45, 7) is 2.57. The monoisotopic (exact) mass is 266 g/mol. The fourth-order valence-corrected chi connectivity index (χ4v) is 3.04. The van der Waals surface area contributed by atoms with Crippen molar-refractivity contribution >= 4 is 29.3 Å². The molecular formula is C12H14N2O3S. The molecule has 0 spiro atoms. The maximum atomic E-state index is 12.2. The summed E-state index contributed by atoms with van der Waals surface area (Å²) in [7, 11) is 0. The number of aromatic nitrogens is 1. The lowest BCUT2D eigenvalue weighted by Crippen LogP contribution is -2.42. The van der Waals surface area contributed by atoms with Crippen molar-refractivity contribution in [1.82, 2.24) is 4.98 Å². The van der Waals surface area contributed by atoms with Gasteiger partial charge in [-0.15, -0.1) is 0 Å². The summed E-state index contributed by atoms with van der Waals surface area (Å²) in [5.41, 5.74) is 0.788. The first-order valence-corrected chi connectivity index (χ1v) is 6.66. The third-order valence-electron chi connectivity index (χ3n) is 2.64. The number of aliphatic carboxylic acids is 1. The van der Waals surface area contributed by atoms with E-state index in [-0.39, 0.29) is 12.3 Å². The van der Waals surface area contributed by atoms with Gasteiger partial charge >= 0.3 is 5.97 Å². The lowest BCUT2D eigenvalue weighted by atomic mass is 10.2. The summed E-state index contributed by atoms with van der Waals surface area (Å²) in [5, 5.41) is 9.00. The van der Waals surface area contributed by atoms with Crippen LogP contribution in [0.1, 0.15) is 19.8 Å². The van der Waals surface area contributed by atoms with Crippen molar-refractivity contribution in [3.05, 3.63) is 18.3 Å². The largest absolute Gasteiger partial charge is 0.481 e. The standard InChI is InChI=1S/C12H14N2O3S/c1-2-6-14-8-4-3-5-13-11(8)18-9(12(14)17)7-10(15)16/h3-5,9H,2,6-7H2,1H3,(H,15,16). The lowest BCUT2D eigenvalue weighted by molar-refractivity contribution is -0.138. The molecule has 1 atom stereocenters. The van der Waals surface area contributed by atoms with E-state index < -0.39 is 11.2 Å². The molecule has 0 bridgehead atoms. The Bertz CT molecular complexity index is 478. The van der Waals surface area contributed by atoms with Crippen LogP contribution in [0.5, 0.6) is 0 Å². The van der Waals surface area contributed by atoms with E-state index in [1.165, 1.54) is 11.8 Å². The zero-order chi connectivity index (χ0) is 13.1. The maximum Gasteiger partial charge on any atom is 0.305 e. The summed E-state index contributed by atoms with van der Waals surface area (Å²) in [5.74, 6) is -1.10. The van der Waals surface area contributed by atoms with Crippen LogP contribution < -0.4 is 4.90 Å². The van der Waals surface area contributed by atoms with Gasteiger partial charge in [0.05, 0.1) is 12.1 Å². The van der Waals surface area contributed by atoms with E-state index in [9.17, 15) is 9.59 Å². The molecule has 18 heavy (non-hydrogen) atoms. The minimum Gasteiger partial charge on any atom is -0.481 e. The first-order chi connectivity index (χ1) is 8.63. The average molecular weight is 266 g/mol. The Hall–Kier alpha value is -1.56. The summed E-state index contributed by atoms with van der Waals surface area (Å²) >= 11 is 1.24. The van der Waals surface area contributed by atoms with Crippen molar-refractivity contribution in [3.8, 4) is 0 Å². The number of carboxylic acid groups (broad SMARTS) is 1. The molecule has 1 unspecified atom stereocenters. The third kappa shape index (κ3) is 2.48. The number of fused-ring (bicyclic) bond motifs is 1. The highest BCUT2D eigenvalue weighted by Crippen LogP contribution is 2.38. The number of carboxylic acids is 1. The van der Waals surface area contributed by atoms with Crippen LogP contribution in [0.3, 0.4) is 0 Å². The molecule has 2 rings (SSSR count). The van der Waals surface area contributed by atoms with Crippen LogP contribution in [0, 0.1) is 0 Å². The Morgan fingerprint density at radius 1 is 1.61 bits per heavy atom. The summed E-state index contributed by atoms with van der Waals surface area (Å²) < 4.78 is 0. The second-order valence-corrected chi connectivity index (χ2v) is 5.21. The molecule has 0 fully saturated rings. The molecule has 1 aromatic heterocycles. The van der Waals surface area contributed by atoms with Crippen LogP contribution in [-0.4, -0.2) is 33.8 Å². The third-order valence-corrected chi connectivity index (χ3v) is 3.84. The predicted molar refractivity (Wildman–Crippen MR) is 68.8 cm³/mol. The number of carbonyl (C=O) groups is 2. The van der Waals surface area contributed by atoms with Crippen molar-refractivity contribution in [3.63, 3.8) is 0 Å². The Morgan fingerprint density at radius 2 is 2.39 bits per heavy atom. The van der Waals surface area contributed by atoms with Crippen molar-refractivity contribution in [2.24, 2.45) is 0 Å². The van der Waals surface area contributed by atoms with Gasteiger partial charge in [0.1, 0.15) is 10.3 Å². The van der Waals surface area contributed by atoms with Crippen LogP contribution in [0.4, 0.5) is 5.69 Å².